The van der Waals surface area contributed by atoms with Gasteiger partial charge < -0.3 is 5.32 Å². The molecule has 0 aliphatic rings. The number of amides is 1. The van der Waals surface area contributed by atoms with Crippen molar-refractivity contribution in [1.29, 1.82) is 0 Å². The highest BCUT2D eigenvalue weighted by Gasteiger charge is 2.27. The fourth-order valence-corrected chi connectivity index (χ4v) is 3.30. The molecule has 1 N–H and O–H groups in total. The lowest BCUT2D eigenvalue weighted by Gasteiger charge is -2.13. The first-order chi connectivity index (χ1) is 14.8. The fraction of sp³-hybridized carbons (Fsp3) is 0. The Labute approximate surface area is 177 Å². The summed E-state index contributed by atoms with van der Waals surface area (Å²) >= 11 is 6.20. The van der Waals surface area contributed by atoms with Crippen molar-refractivity contribution in [2.24, 2.45) is 0 Å². The Hall–Kier alpha value is -3.52. The van der Waals surface area contributed by atoms with Gasteiger partial charge in [-0.1, -0.05) is 48.0 Å². The Balaban J connectivity index is 1.87. The van der Waals surface area contributed by atoms with Gasteiger partial charge in [-0.2, -0.15) is 0 Å². The lowest BCUT2D eigenvalue weighted by atomic mass is 10.0. The highest BCUT2D eigenvalue weighted by atomic mass is 35.5. The van der Waals surface area contributed by atoms with Gasteiger partial charge in [-0.15, -0.1) is 0 Å². The molecule has 156 valence electrons. The molecular weight excluding hydrogens is 439 g/mol. The molecule has 0 saturated heterocycles. The van der Waals surface area contributed by atoms with Crippen LogP contribution in [0.25, 0.3) is 22.2 Å². The van der Waals surface area contributed by atoms with Crippen molar-refractivity contribution in [3.05, 3.63) is 94.3 Å². The number of halogens is 6. The second kappa shape index (κ2) is 7.96. The van der Waals surface area contributed by atoms with Gasteiger partial charge >= 0.3 is 0 Å². The van der Waals surface area contributed by atoms with E-state index in [0.717, 1.165) is 0 Å². The van der Waals surface area contributed by atoms with E-state index in [4.69, 9.17) is 11.6 Å². The van der Waals surface area contributed by atoms with E-state index in [2.05, 4.69) is 4.98 Å². The molecule has 1 heterocycles. The SMILES string of the molecule is O=C(Nc1c(F)c(F)c(F)c(F)c1F)c1cc(-c2ccccc2Cl)nc2ccccc12. The molecule has 3 aromatic carbocycles. The number of nitrogens with zero attached hydrogens (tertiary/aromatic N) is 1. The largest absolute Gasteiger partial charge is 0.317 e. The number of anilines is 1. The summed E-state index contributed by atoms with van der Waals surface area (Å²) in [6.45, 7) is 0. The van der Waals surface area contributed by atoms with Crippen molar-refractivity contribution in [3.8, 4) is 11.3 Å². The molecule has 4 aromatic rings. The van der Waals surface area contributed by atoms with Crippen LogP contribution in [0.1, 0.15) is 10.4 Å². The first-order valence-electron chi connectivity index (χ1n) is 8.77. The van der Waals surface area contributed by atoms with Crippen LogP contribution < -0.4 is 5.32 Å². The van der Waals surface area contributed by atoms with Crippen LogP contribution in [0.5, 0.6) is 0 Å². The molecule has 0 radical (unpaired) electrons. The number of aromatic nitrogens is 1. The Morgan fingerprint density at radius 1 is 0.806 bits per heavy atom. The second-order valence-corrected chi connectivity index (χ2v) is 6.86. The van der Waals surface area contributed by atoms with Gasteiger partial charge in [0.25, 0.3) is 5.91 Å². The van der Waals surface area contributed by atoms with E-state index in [1.54, 1.807) is 47.8 Å². The number of para-hydroxylation sites is 1. The van der Waals surface area contributed by atoms with E-state index < -0.39 is 40.7 Å². The standard InChI is InChI=1S/C22H10ClF5N2O/c23-13-7-3-1-6-11(13)15-9-12(10-5-2-4-8-14(10)29-15)22(31)30-21-19(27)17(25)16(24)18(26)20(21)28/h1-9H,(H,30,31). The second-order valence-electron chi connectivity index (χ2n) is 6.45. The van der Waals surface area contributed by atoms with Crippen LogP contribution in [0.15, 0.2) is 54.6 Å². The van der Waals surface area contributed by atoms with Crippen molar-refractivity contribution < 1.29 is 26.7 Å². The lowest BCUT2D eigenvalue weighted by Crippen LogP contribution is -2.17. The molecule has 0 atom stereocenters. The Morgan fingerprint density at radius 2 is 1.39 bits per heavy atom. The number of carbonyl (C=O) groups excluding carboxylic acids is 1. The number of hydrogen-bond donors (Lipinski definition) is 1. The van der Waals surface area contributed by atoms with Crippen LogP contribution in [0.4, 0.5) is 27.6 Å². The molecule has 9 heteroatoms. The van der Waals surface area contributed by atoms with E-state index in [1.165, 1.54) is 12.1 Å². The highest BCUT2D eigenvalue weighted by Crippen LogP contribution is 2.31. The van der Waals surface area contributed by atoms with Gasteiger partial charge in [0.1, 0.15) is 5.69 Å². The lowest BCUT2D eigenvalue weighted by molar-refractivity contribution is 0.102. The summed E-state index contributed by atoms with van der Waals surface area (Å²) in [6, 6.07) is 14.4. The third kappa shape index (κ3) is 3.59. The Morgan fingerprint density at radius 3 is 2.06 bits per heavy atom. The van der Waals surface area contributed by atoms with Crippen LogP contribution >= 0.6 is 11.6 Å². The van der Waals surface area contributed by atoms with Crippen molar-refractivity contribution in [2.75, 3.05) is 5.32 Å². The van der Waals surface area contributed by atoms with Gasteiger partial charge in [-0.3, -0.25) is 4.79 Å². The van der Waals surface area contributed by atoms with E-state index in [-0.39, 0.29) is 11.3 Å². The smallest absolute Gasteiger partial charge is 0.256 e. The zero-order chi connectivity index (χ0) is 22.3. The van der Waals surface area contributed by atoms with Crippen molar-refractivity contribution in [2.45, 2.75) is 0 Å². The average molecular weight is 449 g/mol. The summed E-state index contributed by atoms with van der Waals surface area (Å²) in [5.41, 5.74) is -0.402. The average Bonchev–Trinajstić information content (AvgIpc) is 2.78. The molecule has 3 nitrogen and oxygen atoms in total. The molecule has 0 spiro atoms. The Bertz CT molecular complexity index is 1330. The summed E-state index contributed by atoms with van der Waals surface area (Å²) < 4.78 is 68.3. The predicted octanol–water partition coefficient (Wildman–Crippen LogP) is 6.50. The molecule has 1 aromatic heterocycles. The summed E-state index contributed by atoms with van der Waals surface area (Å²) in [5.74, 6) is -12.0. The first kappa shape index (κ1) is 20.7. The van der Waals surface area contributed by atoms with Gasteiger partial charge in [0.2, 0.25) is 5.82 Å². The molecule has 0 fully saturated rings. The molecule has 0 saturated carbocycles. The minimum absolute atomic E-state index is 0.0931. The van der Waals surface area contributed by atoms with Crippen LogP contribution in [-0.2, 0) is 0 Å². The minimum Gasteiger partial charge on any atom is -0.317 e. The molecule has 0 aliphatic heterocycles. The normalized spacial score (nSPS) is 11.0. The fourth-order valence-electron chi connectivity index (χ4n) is 3.07. The van der Waals surface area contributed by atoms with Crippen molar-refractivity contribution in [3.63, 3.8) is 0 Å². The van der Waals surface area contributed by atoms with Gasteiger partial charge in [-0.25, -0.2) is 26.9 Å². The minimum atomic E-state index is -2.32. The third-order valence-electron chi connectivity index (χ3n) is 4.56. The van der Waals surface area contributed by atoms with E-state index >= 15 is 0 Å². The zero-order valence-corrected chi connectivity index (χ0v) is 16.1. The van der Waals surface area contributed by atoms with Crippen LogP contribution in [-0.4, -0.2) is 10.9 Å². The summed E-state index contributed by atoms with van der Waals surface area (Å²) in [4.78, 5) is 17.3. The molecule has 0 aliphatic carbocycles. The number of rotatable bonds is 3. The van der Waals surface area contributed by atoms with Gasteiger partial charge in [0, 0.05) is 16.0 Å². The van der Waals surface area contributed by atoms with E-state index in [9.17, 15) is 26.7 Å². The molecule has 31 heavy (non-hydrogen) atoms. The summed E-state index contributed by atoms with van der Waals surface area (Å²) in [5, 5.41) is 2.44. The topological polar surface area (TPSA) is 42.0 Å². The van der Waals surface area contributed by atoms with Gasteiger partial charge in [-0.05, 0) is 18.2 Å². The van der Waals surface area contributed by atoms with Gasteiger partial charge in [0.05, 0.1) is 16.8 Å². The maximum atomic E-state index is 14.0. The van der Waals surface area contributed by atoms with Crippen molar-refractivity contribution >= 4 is 34.1 Å². The molecule has 0 bridgehead atoms. The maximum Gasteiger partial charge on any atom is 0.256 e. The monoisotopic (exact) mass is 448 g/mol. The zero-order valence-electron chi connectivity index (χ0n) is 15.3. The molecule has 4 rings (SSSR count). The van der Waals surface area contributed by atoms with Crippen LogP contribution in [0, 0.1) is 29.1 Å². The number of benzene rings is 3. The molecule has 0 unspecified atom stereocenters. The number of fused-ring (bicyclic) bond motifs is 1. The Kier molecular flexibility index (Phi) is 5.32. The third-order valence-corrected chi connectivity index (χ3v) is 4.89. The number of pyridine rings is 1. The first-order valence-corrected chi connectivity index (χ1v) is 9.15. The van der Waals surface area contributed by atoms with Crippen LogP contribution in [0.2, 0.25) is 5.02 Å². The van der Waals surface area contributed by atoms with Crippen LogP contribution in [0.3, 0.4) is 0 Å². The summed E-state index contributed by atoms with van der Waals surface area (Å²) in [7, 11) is 0. The number of nitrogens with one attached hydrogen (secondary N) is 1. The molecular formula is C22H10ClF5N2O. The van der Waals surface area contributed by atoms with Gasteiger partial charge in [0.15, 0.2) is 23.3 Å². The predicted molar refractivity (Wildman–Crippen MR) is 106 cm³/mol. The van der Waals surface area contributed by atoms with E-state index in [0.29, 0.717) is 21.5 Å². The van der Waals surface area contributed by atoms with Crippen molar-refractivity contribution in [1.82, 2.24) is 4.98 Å². The quantitative estimate of drug-likeness (QED) is 0.221. The number of hydrogen-bond acceptors (Lipinski definition) is 2. The summed E-state index contributed by atoms with van der Waals surface area (Å²) in [6.07, 6.45) is 0. The maximum absolute atomic E-state index is 14.0. The highest BCUT2D eigenvalue weighted by molar-refractivity contribution is 6.33. The van der Waals surface area contributed by atoms with E-state index in [1.807, 2.05) is 0 Å². The number of carbonyl (C=O) groups is 1. The molecule has 1 amide bonds.